The highest BCUT2D eigenvalue weighted by molar-refractivity contribution is 6.42. The topological polar surface area (TPSA) is 80.1 Å². The molecule has 10 heteroatoms. The van der Waals surface area contributed by atoms with Crippen LogP contribution < -0.4 is 5.32 Å². The van der Waals surface area contributed by atoms with E-state index in [1.165, 1.54) is 21.7 Å². The van der Waals surface area contributed by atoms with Gasteiger partial charge in [0.1, 0.15) is 17.7 Å². The van der Waals surface area contributed by atoms with Crippen LogP contribution in [0, 0.1) is 12.7 Å². The molecule has 1 aromatic heterocycles. The van der Waals surface area contributed by atoms with E-state index < -0.39 is 11.9 Å². The number of likely N-dealkylation sites (tertiary alicyclic amines) is 1. The summed E-state index contributed by atoms with van der Waals surface area (Å²) in [5.74, 6) is -0.643. The molecular weight excluding hydrogens is 456 g/mol. The highest BCUT2D eigenvalue weighted by atomic mass is 35.5. The Balaban J connectivity index is 1.55. The monoisotopic (exact) mass is 475 g/mol. The summed E-state index contributed by atoms with van der Waals surface area (Å²) >= 11 is 12.0. The number of amides is 2. The minimum atomic E-state index is -0.663. The second kappa shape index (κ2) is 9.26. The second-order valence-corrected chi connectivity index (χ2v) is 8.31. The van der Waals surface area contributed by atoms with E-state index in [2.05, 4.69) is 15.4 Å². The molecular formula is C22H20Cl2FN5O2. The lowest BCUT2D eigenvalue weighted by Crippen LogP contribution is -2.50. The lowest BCUT2D eigenvalue weighted by molar-refractivity contribution is -0.121. The number of halogens is 3. The number of carbonyl (C=O) groups is 2. The normalized spacial score (nSPS) is 16.1. The van der Waals surface area contributed by atoms with Gasteiger partial charge < -0.3 is 10.2 Å². The molecule has 1 aliphatic heterocycles. The predicted molar refractivity (Wildman–Crippen MR) is 120 cm³/mol. The zero-order valence-corrected chi connectivity index (χ0v) is 18.7. The second-order valence-electron chi connectivity index (χ2n) is 7.50. The van der Waals surface area contributed by atoms with Gasteiger partial charge in [0.15, 0.2) is 0 Å². The van der Waals surface area contributed by atoms with E-state index in [-0.39, 0.29) is 17.5 Å². The van der Waals surface area contributed by atoms with Gasteiger partial charge in [0.05, 0.1) is 15.7 Å². The molecule has 2 aromatic carbocycles. The van der Waals surface area contributed by atoms with Crippen LogP contribution in [-0.2, 0) is 4.79 Å². The number of nitrogens with zero attached hydrogens (tertiary/aromatic N) is 4. The summed E-state index contributed by atoms with van der Waals surface area (Å²) < 4.78 is 14.7. The van der Waals surface area contributed by atoms with Crippen molar-refractivity contribution < 1.29 is 14.0 Å². The van der Waals surface area contributed by atoms with Crippen molar-refractivity contribution in [3.63, 3.8) is 0 Å². The minimum absolute atomic E-state index is 0.0129. The molecule has 32 heavy (non-hydrogen) atoms. The maximum absolute atomic E-state index is 13.2. The van der Waals surface area contributed by atoms with Crippen molar-refractivity contribution in [1.29, 1.82) is 0 Å². The Morgan fingerprint density at radius 3 is 2.56 bits per heavy atom. The first-order chi connectivity index (χ1) is 15.3. The van der Waals surface area contributed by atoms with Gasteiger partial charge in [0.25, 0.3) is 5.91 Å². The van der Waals surface area contributed by atoms with Gasteiger partial charge in [-0.1, -0.05) is 23.2 Å². The van der Waals surface area contributed by atoms with Gasteiger partial charge in [0.2, 0.25) is 11.7 Å². The number of nitrogens with one attached hydrogen (secondary N) is 1. The van der Waals surface area contributed by atoms with Crippen molar-refractivity contribution in [3.05, 3.63) is 70.0 Å². The molecule has 1 fully saturated rings. The van der Waals surface area contributed by atoms with Crippen LogP contribution in [0.5, 0.6) is 0 Å². The molecule has 0 aliphatic carbocycles. The summed E-state index contributed by atoms with van der Waals surface area (Å²) in [6.07, 6.45) is 2.12. The van der Waals surface area contributed by atoms with Crippen molar-refractivity contribution in [2.45, 2.75) is 32.2 Å². The van der Waals surface area contributed by atoms with E-state index in [0.29, 0.717) is 40.2 Å². The molecule has 7 nitrogen and oxygen atoms in total. The van der Waals surface area contributed by atoms with Crippen LogP contribution in [0.15, 0.2) is 42.5 Å². The molecule has 0 saturated carbocycles. The van der Waals surface area contributed by atoms with Crippen LogP contribution in [0.4, 0.5) is 10.1 Å². The van der Waals surface area contributed by atoms with Crippen molar-refractivity contribution >= 4 is 40.7 Å². The zero-order chi connectivity index (χ0) is 22.8. The van der Waals surface area contributed by atoms with Crippen LogP contribution >= 0.6 is 23.2 Å². The lowest BCUT2D eigenvalue weighted by Gasteiger charge is -2.33. The summed E-state index contributed by atoms with van der Waals surface area (Å²) in [6.45, 7) is 2.13. The Bertz CT molecular complexity index is 1170. The van der Waals surface area contributed by atoms with E-state index in [9.17, 15) is 14.0 Å². The Hall–Kier alpha value is -2.97. The average molecular weight is 476 g/mol. The maximum atomic E-state index is 13.2. The summed E-state index contributed by atoms with van der Waals surface area (Å²) in [6, 6.07) is 9.88. The van der Waals surface area contributed by atoms with Crippen LogP contribution in [0.25, 0.3) is 5.69 Å². The maximum Gasteiger partial charge on any atom is 0.294 e. The van der Waals surface area contributed by atoms with Gasteiger partial charge in [-0.3, -0.25) is 9.59 Å². The van der Waals surface area contributed by atoms with Crippen molar-refractivity contribution in [3.8, 4) is 5.69 Å². The van der Waals surface area contributed by atoms with Gasteiger partial charge in [0, 0.05) is 12.2 Å². The molecule has 0 radical (unpaired) electrons. The molecule has 3 aromatic rings. The minimum Gasteiger partial charge on any atom is -0.324 e. The van der Waals surface area contributed by atoms with Gasteiger partial charge in [-0.25, -0.2) is 14.1 Å². The number of carbonyl (C=O) groups excluding carboxylic acids is 2. The Morgan fingerprint density at radius 1 is 1.09 bits per heavy atom. The highest BCUT2D eigenvalue weighted by Gasteiger charge is 2.34. The van der Waals surface area contributed by atoms with E-state index >= 15 is 0 Å². The number of benzene rings is 2. The standard InChI is InChI=1S/C22H20Cl2FN5O2/c1-13-26-20(28-30(13)16-8-5-14(25)6-9-16)22(32)29-11-3-2-4-19(29)21(31)27-15-7-10-17(23)18(24)12-15/h5-10,12,19H,2-4,11H2,1H3,(H,27,31). The number of piperidine rings is 1. The molecule has 2 heterocycles. The lowest BCUT2D eigenvalue weighted by atomic mass is 10.0. The van der Waals surface area contributed by atoms with Gasteiger partial charge in [-0.15, -0.1) is 5.10 Å². The molecule has 0 bridgehead atoms. The Morgan fingerprint density at radius 2 is 1.84 bits per heavy atom. The van der Waals surface area contributed by atoms with Gasteiger partial charge in [-0.05, 0) is 68.7 Å². The summed E-state index contributed by atoms with van der Waals surface area (Å²) in [5.41, 5.74) is 1.08. The molecule has 1 saturated heterocycles. The van der Waals surface area contributed by atoms with Gasteiger partial charge in [-0.2, -0.15) is 0 Å². The Labute approximate surface area is 194 Å². The molecule has 0 spiro atoms. The number of hydrogen-bond donors (Lipinski definition) is 1. The Kier molecular flexibility index (Phi) is 6.43. The van der Waals surface area contributed by atoms with Gasteiger partial charge >= 0.3 is 0 Å². The fraction of sp³-hybridized carbons (Fsp3) is 0.273. The van der Waals surface area contributed by atoms with Crippen molar-refractivity contribution in [2.75, 3.05) is 11.9 Å². The first kappa shape index (κ1) is 22.2. The number of hydrogen-bond acceptors (Lipinski definition) is 4. The van der Waals surface area contributed by atoms with E-state index in [0.717, 1.165) is 12.8 Å². The van der Waals surface area contributed by atoms with E-state index in [4.69, 9.17) is 23.2 Å². The number of anilines is 1. The molecule has 4 rings (SSSR count). The smallest absolute Gasteiger partial charge is 0.294 e. The van der Waals surface area contributed by atoms with Crippen LogP contribution in [0.2, 0.25) is 10.0 Å². The summed E-state index contributed by atoms with van der Waals surface area (Å²) in [7, 11) is 0. The summed E-state index contributed by atoms with van der Waals surface area (Å²) in [4.78, 5) is 32.0. The highest BCUT2D eigenvalue weighted by Crippen LogP contribution is 2.26. The van der Waals surface area contributed by atoms with Crippen LogP contribution in [0.3, 0.4) is 0 Å². The third kappa shape index (κ3) is 4.61. The van der Waals surface area contributed by atoms with E-state index in [1.54, 1.807) is 37.3 Å². The SMILES string of the molecule is Cc1nc(C(=O)N2CCCCC2C(=O)Nc2ccc(Cl)c(Cl)c2)nn1-c1ccc(F)cc1. The molecule has 2 amide bonds. The third-order valence-electron chi connectivity index (χ3n) is 5.28. The van der Waals surface area contributed by atoms with Crippen molar-refractivity contribution in [1.82, 2.24) is 19.7 Å². The average Bonchev–Trinajstić information content (AvgIpc) is 3.18. The molecule has 1 aliphatic rings. The third-order valence-corrected chi connectivity index (χ3v) is 6.02. The number of aromatic nitrogens is 3. The fourth-order valence-electron chi connectivity index (χ4n) is 3.68. The van der Waals surface area contributed by atoms with Crippen LogP contribution in [0.1, 0.15) is 35.7 Å². The number of aryl methyl sites for hydroxylation is 1. The first-order valence-corrected chi connectivity index (χ1v) is 10.9. The fourth-order valence-corrected chi connectivity index (χ4v) is 3.98. The number of rotatable bonds is 4. The van der Waals surface area contributed by atoms with Crippen LogP contribution in [-0.4, -0.2) is 44.1 Å². The quantitative estimate of drug-likeness (QED) is 0.595. The molecule has 1 unspecified atom stereocenters. The largest absolute Gasteiger partial charge is 0.324 e. The predicted octanol–water partition coefficient (Wildman–Crippen LogP) is 4.66. The van der Waals surface area contributed by atoms with Crippen molar-refractivity contribution in [2.24, 2.45) is 0 Å². The molecule has 1 N–H and O–H groups in total. The first-order valence-electron chi connectivity index (χ1n) is 10.1. The van der Waals surface area contributed by atoms with E-state index in [1.807, 2.05) is 0 Å². The molecule has 1 atom stereocenters. The molecule has 166 valence electrons. The summed E-state index contributed by atoms with van der Waals surface area (Å²) in [5, 5.41) is 7.83. The zero-order valence-electron chi connectivity index (χ0n) is 17.2.